The fraction of sp³-hybridized carbons (Fsp3) is 0.125. The molecule has 1 atom stereocenters. The van der Waals surface area contributed by atoms with E-state index in [9.17, 15) is 9.18 Å². The van der Waals surface area contributed by atoms with E-state index < -0.39 is 5.82 Å². The Hall–Kier alpha value is -2.89. The van der Waals surface area contributed by atoms with Crippen molar-refractivity contribution in [1.82, 2.24) is 15.1 Å². The molecule has 3 aromatic rings. The van der Waals surface area contributed by atoms with Crippen molar-refractivity contribution in [2.75, 3.05) is 6.54 Å². The summed E-state index contributed by atoms with van der Waals surface area (Å²) in [6.45, 7) is 0.282. The Labute approximate surface area is 126 Å². The van der Waals surface area contributed by atoms with Gasteiger partial charge in [-0.05, 0) is 36.4 Å². The van der Waals surface area contributed by atoms with Gasteiger partial charge in [0.1, 0.15) is 17.6 Å². The Morgan fingerprint density at radius 1 is 1.32 bits per heavy atom. The summed E-state index contributed by atoms with van der Waals surface area (Å²) >= 11 is 0. The quantitative estimate of drug-likeness (QED) is 0.788. The Kier molecular flexibility index (Phi) is 4.00. The van der Waals surface area contributed by atoms with Crippen molar-refractivity contribution in [2.24, 2.45) is 0 Å². The number of carbonyl (C=O) groups excluding carboxylic acids is 1. The molecular weight excluding hydrogens is 285 g/mol. The number of rotatable bonds is 5. The number of furan rings is 1. The summed E-state index contributed by atoms with van der Waals surface area (Å²) in [5, 5.41) is 6.96. The molecule has 3 rings (SSSR count). The molecule has 0 fully saturated rings. The minimum atomic E-state index is -0.442. The van der Waals surface area contributed by atoms with Crippen LogP contribution in [0.5, 0.6) is 0 Å². The maximum Gasteiger partial charge on any atom is 0.251 e. The van der Waals surface area contributed by atoms with E-state index in [2.05, 4.69) is 10.4 Å². The Bertz CT molecular complexity index is 704. The molecule has 0 radical (unpaired) electrons. The molecule has 0 aliphatic rings. The van der Waals surface area contributed by atoms with Crippen LogP contribution in [0.4, 0.5) is 4.39 Å². The molecule has 1 aromatic carbocycles. The molecule has 1 N–H and O–H groups in total. The van der Waals surface area contributed by atoms with E-state index in [1.54, 1.807) is 41.5 Å². The topological polar surface area (TPSA) is 60.1 Å². The van der Waals surface area contributed by atoms with Crippen molar-refractivity contribution < 1.29 is 13.6 Å². The predicted octanol–water partition coefficient (Wildman–Crippen LogP) is 2.63. The standard InChI is InChI=1S/C16H14FN3O2/c17-13-5-1-4-12(10-13)16(21)18-11-14(15-6-2-9-22-15)20-8-3-7-19-20/h1-10,14H,11H2,(H,18,21)/t14-/m1/s1. The average molecular weight is 299 g/mol. The van der Waals surface area contributed by atoms with Crippen molar-refractivity contribution >= 4 is 5.91 Å². The zero-order valence-corrected chi connectivity index (χ0v) is 11.6. The Morgan fingerprint density at radius 2 is 2.23 bits per heavy atom. The zero-order chi connectivity index (χ0) is 15.4. The molecule has 5 nitrogen and oxygen atoms in total. The van der Waals surface area contributed by atoms with Crippen LogP contribution in [0.1, 0.15) is 22.2 Å². The number of amides is 1. The van der Waals surface area contributed by atoms with Crippen LogP contribution in [-0.4, -0.2) is 22.2 Å². The summed E-state index contributed by atoms with van der Waals surface area (Å²) in [4.78, 5) is 12.1. The van der Waals surface area contributed by atoms with Crippen molar-refractivity contribution in [3.8, 4) is 0 Å². The van der Waals surface area contributed by atoms with Gasteiger partial charge in [-0.25, -0.2) is 4.39 Å². The summed E-state index contributed by atoms with van der Waals surface area (Å²) < 4.78 is 20.3. The van der Waals surface area contributed by atoms with Crippen molar-refractivity contribution in [1.29, 1.82) is 0 Å². The number of hydrogen-bond donors (Lipinski definition) is 1. The van der Waals surface area contributed by atoms with Crippen LogP contribution in [-0.2, 0) is 0 Å². The molecule has 0 aliphatic heterocycles. The maximum absolute atomic E-state index is 13.2. The molecule has 2 heterocycles. The second kappa shape index (κ2) is 6.26. The molecule has 0 saturated carbocycles. The number of halogens is 1. The monoisotopic (exact) mass is 299 g/mol. The molecule has 0 bridgehead atoms. The number of nitrogens with zero attached hydrogens (tertiary/aromatic N) is 2. The molecule has 0 aliphatic carbocycles. The van der Waals surface area contributed by atoms with E-state index in [0.29, 0.717) is 5.76 Å². The van der Waals surface area contributed by atoms with E-state index in [-0.39, 0.29) is 24.1 Å². The van der Waals surface area contributed by atoms with Gasteiger partial charge in [0.2, 0.25) is 0 Å². The normalized spacial score (nSPS) is 12.0. The van der Waals surface area contributed by atoms with Gasteiger partial charge in [0.05, 0.1) is 6.26 Å². The largest absolute Gasteiger partial charge is 0.467 e. The third-order valence-corrected chi connectivity index (χ3v) is 3.26. The zero-order valence-electron chi connectivity index (χ0n) is 11.6. The van der Waals surface area contributed by atoms with Gasteiger partial charge in [-0.3, -0.25) is 9.48 Å². The molecule has 2 aromatic heterocycles. The minimum absolute atomic E-state index is 0.262. The molecule has 1 amide bonds. The smallest absolute Gasteiger partial charge is 0.251 e. The first-order valence-electron chi connectivity index (χ1n) is 6.80. The lowest BCUT2D eigenvalue weighted by atomic mass is 10.2. The highest BCUT2D eigenvalue weighted by Gasteiger charge is 2.18. The van der Waals surface area contributed by atoms with Gasteiger partial charge in [-0.2, -0.15) is 5.10 Å². The molecule has 0 saturated heterocycles. The molecule has 6 heteroatoms. The number of aromatic nitrogens is 2. The first-order chi connectivity index (χ1) is 10.7. The highest BCUT2D eigenvalue weighted by molar-refractivity contribution is 5.94. The van der Waals surface area contributed by atoms with Crippen molar-refractivity contribution in [3.63, 3.8) is 0 Å². The van der Waals surface area contributed by atoms with Gasteiger partial charge in [0.15, 0.2) is 0 Å². The van der Waals surface area contributed by atoms with E-state index in [1.165, 1.54) is 18.2 Å². The first-order valence-corrected chi connectivity index (χ1v) is 6.80. The SMILES string of the molecule is O=C(NC[C@H](c1ccco1)n1cccn1)c1cccc(F)c1. The predicted molar refractivity (Wildman–Crippen MR) is 77.8 cm³/mol. The third-order valence-electron chi connectivity index (χ3n) is 3.26. The lowest BCUT2D eigenvalue weighted by Gasteiger charge is -2.16. The fourth-order valence-corrected chi connectivity index (χ4v) is 2.19. The highest BCUT2D eigenvalue weighted by Crippen LogP contribution is 2.17. The van der Waals surface area contributed by atoms with Crippen LogP contribution >= 0.6 is 0 Å². The molecule has 0 unspecified atom stereocenters. The Balaban J connectivity index is 1.73. The second-order valence-corrected chi connectivity index (χ2v) is 4.74. The molecular formula is C16H14FN3O2. The van der Waals surface area contributed by atoms with Crippen LogP contribution in [0.25, 0.3) is 0 Å². The lowest BCUT2D eigenvalue weighted by molar-refractivity contribution is 0.0947. The summed E-state index contributed by atoms with van der Waals surface area (Å²) in [6.07, 6.45) is 5.02. The van der Waals surface area contributed by atoms with E-state index in [0.717, 1.165) is 0 Å². The van der Waals surface area contributed by atoms with E-state index in [4.69, 9.17) is 4.42 Å². The van der Waals surface area contributed by atoms with E-state index in [1.807, 2.05) is 6.07 Å². The van der Waals surface area contributed by atoms with Crippen LogP contribution < -0.4 is 5.32 Å². The second-order valence-electron chi connectivity index (χ2n) is 4.74. The molecule has 112 valence electrons. The summed E-state index contributed by atoms with van der Waals surface area (Å²) in [7, 11) is 0. The van der Waals surface area contributed by atoms with Gasteiger partial charge in [-0.1, -0.05) is 6.07 Å². The fourth-order valence-electron chi connectivity index (χ4n) is 2.19. The van der Waals surface area contributed by atoms with Gasteiger partial charge in [0.25, 0.3) is 5.91 Å². The summed E-state index contributed by atoms with van der Waals surface area (Å²) in [5.74, 6) is -0.103. The summed E-state index contributed by atoms with van der Waals surface area (Å²) in [5.41, 5.74) is 0.277. The van der Waals surface area contributed by atoms with Gasteiger partial charge in [-0.15, -0.1) is 0 Å². The van der Waals surface area contributed by atoms with Gasteiger partial charge < -0.3 is 9.73 Å². The van der Waals surface area contributed by atoms with Crippen LogP contribution in [0.2, 0.25) is 0 Å². The van der Waals surface area contributed by atoms with Crippen molar-refractivity contribution in [2.45, 2.75) is 6.04 Å². The first kappa shape index (κ1) is 14.1. The lowest BCUT2D eigenvalue weighted by Crippen LogP contribution is -2.31. The van der Waals surface area contributed by atoms with Gasteiger partial charge in [0, 0.05) is 24.5 Å². The third kappa shape index (κ3) is 3.06. The number of carbonyl (C=O) groups is 1. The summed E-state index contributed by atoms with van der Waals surface area (Å²) in [6, 6.07) is 10.7. The van der Waals surface area contributed by atoms with Gasteiger partial charge >= 0.3 is 0 Å². The number of hydrogen-bond acceptors (Lipinski definition) is 3. The maximum atomic E-state index is 13.2. The minimum Gasteiger partial charge on any atom is -0.467 e. The Morgan fingerprint density at radius 3 is 2.91 bits per heavy atom. The highest BCUT2D eigenvalue weighted by atomic mass is 19.1. The van der Waals surface area contributed by atoms with Crippen molar-refractivity contribution in [3.05, 3.63) is 78.3 Å². The average Bonchev–Trinajstić information content (AvgIpc) is 3.21. The number of nitrogens with one attached hydrogen (secondary N) is 1. The van der Waals surface area contributed by atoms with Crippen LogP contribution in [0, 0.1) is 5.82 Å². The number of benzene rings is 1. The molecule has 0 spiro atoms. The van der Waals surface area contributed by atoms with Crippen LogP contribution in [0.3, 0.4) is 0 Å². The molecule has 22 heavy (non-hydrogen) atoms. The van der Waals surface area contributed by atoms with E-state index >= 15 is 0 Å². The van der Waals surface area contributed by atoms with Crippen LogP contribution in [0.15, 0.2) is 65.5 Å².